The van der Waals surface area contributed by atoms with E-state index in [0.717, 1.165) is 17.0 Å². The van der Waals surface area contributed by atoms with E-state index in [9.17, 15) is 28.6 Å². The molecule has 3 rings (SSSR count). The summed E-state index contributed by atoms with van der Waals surface area (Å²) in [4.78, 5) is 25.6. The number of ether oxygens (including phenoxy) is 1. The van der Waals surface area contributed by atoms with Crippen molar-refractivity contribution in [2.75, 3.05) is 42.6 Å². The SMILES string of the molecule is CC(=O)NCC1CN(c2cc(F)c(N3CCC(O)(CO)CC3)c(F)c2)C(=O)O1. The summed E-state index contributed by atoms with van der Waals surface area (Å²) >= 11 is 0. The number of nitrogens with one attached hydrogen (secondary N) is 1. The number of piperidine rings is 1. The second kappa shape index (κ2) is 7.88. The first kappa shape index (κ1) is 20.3. The molecule has 3 N–H and O–H groups in total. The first-order valence-corrected chi connectivity index (χ1v) is 9.02. The number of aliphatic hydroxyl groups is 2. The Morgan fingerprint density at radius 3 is 2.46 bits per heavy atom. The van der Waals surface area contributed by atoms with Crippen molar-refractivity contribution < 1.29 is 33.3 Å². The second-order valence-corrected chi connectivity index (χ2v) is 7.18. The molecule has 0 spiro atoms. The van der Waals surface area contributed by atoms with Gasteiger partial charge in [0.15, 0.2) is 11.6 Å². The minimum atomic E-state index is -1.23. The van der Waals surface area contributed by atoms with E-state index in [2.05, 4.69) is 5.32 Å². The Labute approximate surface area is 160 Å². The van der Waals surface area contributed by atoms with Gasteiger partial charge in [-0.25, -0.2) is 13.6 Å². The number of hydrogen-bond acceptors (Lipinski definition) is 6. The van der Waals surface area contributed by atoms with Gasteiger partial charge in [-0.05, 0) is 12.8 Å². The Kier molecular flexibility index (Phi) is 5.71. The Morgan fingerprint density at radius 1 is 1.32 bits per heavy atom. The van der Waals surface area contributed by atoms with E-state index in [-0.39, 0.29) is 56.3 Å². The number of aliphatic hydroxyl groups excluding tert-OH is 1. The van der Waals surface area contributed by atoms with Gasteiger partial charge in [-0.2, -0.15) is 0 Å². The molecule has 0 radical (unpaired) electrons. The Hall–Kier alpha value is -2.46. The van der Waals surface area contributed by atoms with Crippen LogP contribution in [0.4, 0.5) is 25.0 Å². The van der Waals surface area contributed by atoms with Crippen LogP contribution < -0.4 is 15.1 Å². The third-order valence-electron chi connectivity index (χ3n) is 5.07. The first-order valence-electron chi connectivity index (χ1n) is 9.02. The molecular weight excluding hydrogens is 376 g/mol. The Bertz CT molecular complexity index is 745. The van der Waals surface area contributed by atoms with Crippen LogP contribution in [-0.4, -0.2) is 66.7 Å². The summed E-state index contributed by atoms with van der Waals surface area (Å²) in [6, 6.07) is 2.13. The summed E-state index contributed by atoms with van der Waals surface area (Å²) in [5.74, 6) is -1.93. The van der Waals surface area contributed by atoms with Crippen LogP contribution in [0.2, 0.25) is 0 Å². The molecule has 0 aliphatic carbocycles. The van der Waals surface area contributed by atoms with E-state index >= 15 is 0 Å². The maximum Gasteiger partial charge on any atom is 0.414 e. The van der Waals surface area contributed by atoms with Crippen LogP contribution in [0.3, 0.4) is 0 Å². The molecular formula is C18H23F2N3O5. The molecule has 1 aromatic rings. The molecule has 2 fully saturated rings. The van der Waals surface area contributed by atoms with Crippen LogP contribution in [0.25, 0.3) is 0 Å². The summed E-state index contributed by atoms with van der Waals surface area (Å²) in [5.41, 5.74) is -1.44. The highest BCUT2D eigenvalue weighted by Gasteiger charge is 2.36. The van der Waals surface area contributed by atoms with Crippen LogP contribution in [-0.2, 0) is 9.53 Å². The number of cyclic esters (lactones) is 1. The van der Waals surface area contributed by atoms with Gasteiger partial charge < -0.3 is 25.2 Å². The monoisotopic (exact) mass is 399 g/mol. The van der Waals surface area contributed by atoms with Crippen molar-refractivity contribution in [3.8, 4) is 0 Å². The maximum absolute atomic E-state index is 14.7. The Balaban J connectivity index is 1.74. The predicted molar refractivity (Wildman–Crippen MR) is 96.1 cm³/mol. The highest BCUT2D eigenvalue weighted by molar-refractivity contribution is 5.90. The predicted octanol–water partition coefficient (Wildman–Crippen LogP) is 0.750. The quantitative estimate of drug-likeness (QED) is 0.675. The summed E-state index contributed by atoms with van der Waals surface area (Å²) in [7, 11) is 0. The number of hydrogen-bond donors (Lipinski definition) is 3. The van der Waals surface area contributed by atoms with E-state index < -0.39 is 36.0 Å². The fraction of sp³-hybridized carbons (Fsp3) is 0.556. The fourth-order valence-corrected chi connectivity index (χ4v) is 3.41. The zero-order valence-electron chi connectivity index (χ0n) is 15.5. The molecule has 1 aromatic carbocycles. The van der Waals surface area contributed by atoms with Gasteiger partial charge in [-0.15, -0.1) is 0 Å². The van der Waals surface area contributed by atoms with Crippen LogP contribution in [0.15, 0.2) is 12.1 Å². The zero-order valence-corrected chi connectivity index (χ0v) is 15.5. The van der Waals surface area contributed by atoms with Gasteiger partial charge in [-0.3, -0.25) is 9.69 Å². The lowest BCUT2D eigenvalue weighted by Gasteiger charge is -2.38. The topological polar surface area (TPSA) is 102 Å². The lowest BCUT2D eigenvalue weighted by molar-refractivity contribution is -0.119. The summed E-state index contributed by atoms with van der Waals surface area (Å²) in [6.45, 7) is 1.48. The van der Waals surface area contributed by atoms with Crippen molar-refractivity contribution in [2.45, 2.75) is 31.5 Å². The van der Waals surface area contributed by atoms with Gasteiger partial charge in [0.25, 0.3) is 0 Å². The third-order valence-corrected chi connectivity index (χ3v) is 5.07. The molecule has 2 heterocycles. The van der Waals surface area contributed by atoms with Crippen molar-refractivity contribution in [2.24, 2.45) is 0 Å². The molecule has 28 heavy (non-hydrogen) atoms. The number of carbonyl (C=O) groups excluding carboxylic acids is 2. The largest absolute Gasteiger partial charge is 0.442 e. The van der Waals surface area contributed by atoms with E-state index in [1.54, 1.807) is 0 Å². The normalized spacial score (nSPS) is 21.6. The number of benzene rings is 1. The van der Waals surface area contributed by atoms with Gasteiger partial charge in [0.2, 0.25) is 5.91 Å². The average molecular weight is 399 g/mol. The molecule has 0 saturated carbocycles. The highest BCUT2D eigenvalue weighted by atomic mass is 19.1. The molecule has 1 atom stereocenters. The van der Waals surface area contributed by atoms with Gasteiger partial charge in [0.05, 0.1) is 31.0 Å². The lowest BCUT2D eigenvalue weighted by atomic mass is 9.92. The van der Waals surface area contributed by atoms with E-state index in [0.29, 0.717) is 0 Å². The molecule has 2 aliphatic rings. The molecule has 154 valence electrons. The molecule has 1 unspecified atom stereocenters. The summed E-state index contributed by atoms with van der Waals surface area (Å²) in [5, 5.41) is 21.8. The van der Waals surface area contributed by atoms with Crippen molar-refractivity contribution in [3.05, 3.63) is 23.8 Å². The standard InChI is InChI=1S/C18H23F2N3O5/c1-11(25)21-8-13-9-23(17(26)28-13)12-6-14(19)16(15(20)7-12)22-4-2-18(27,10-24)3-5-22/h6-7,13,24,27H,2-5,8-10H2,1H3,(H,21,25). The molecule has 8 nitrogen and oxygen atoms in total. The number of halogens is 2. The first-order chi connectivity index (χ1) is 13.2. The van der Waals surface area contributed by atoms with Gasteiger partial charge >= 0.3 is 6.09 Å². The number of anilines is 2. The summed E-state index contributed by atoms with van der Waals surface area (Å²) < 4.78 is 34.5. The number of carbonyl (C=O) groups is 2. The highest BCUT2D eigenvalue weighted by Crippen LogP contribution is 2.33. The lowest BCUT2D eigenvalue weighted by Crippen LogP contribution is -2.47. The molecule has 2 aliphatic heterocycles. The second-order valence-electron chi connectivity index (χ2n) is 7.18. The molecule has 10 heteroatoms. The zero-order chi connectivity index (χ0) is 20.5. The molecule has 0 bridgehead atoms. The smallest absolute Gasteiger partial charge is 0.414 e. The molecule has 0 aromatic heterocycles. The Morgan fingerprint density at radius 2 is 1.93 bits per heavy atom. The van der Waals surface area contributed by atoms with Crippen molar-refractivity contribution in [1.29, 1.82) is 0 Å². The number of rotatable bonds is 5. The van der Waals surface area contributed by atoms with Crippen molar-refractivity contribution in [3.63, 3.8) is 0 Å². The number of nitrogens with zero attached hydrogens (tertiary/aromatic N) is 2. The van der Waals surface area contributed by atoms with Gasteiger partial charge in [0.1, 0.15) is 11.8 Å². The van der Waals surface area contributed by atoms with Crippen LogP contribution in [0, 0.1) is 11.6 Å². The minimum Gasteiger partial charge on any atom is -0.442 e. The molecule has 2 saturated heterocycles. The average Bonchev–Trinajstić information content (AvgIpc) is 3.02. The van der Waals surface area contributed by atoms with Crippen molar-refractivity contribution in [1.82, 2.24) is 5.32 Å². The van der Waals surface area contributed by atoms with Gasteiger partial charge in [0, 0.05) is 32.1 Å². The van der Waals surface area contributed by atoms with Crippen LogP contribution >= 0.6 is 0 Å². The van der Waals surface area contributed by atoms with Gasteiger partial charge in [-0.1, -0.05) is 0 Å². The fourth-order valence-electron chi connectivity index (χ4n) is 3.41. The summed E-state index contributed by atoms with van der Waals surface area (Å²) in [6.07, 6.45) is -0.978. The molecule has 2 amide bonds. The minimum absolute atomic E-state index is 0.0259. The van der Waals surface area contributed by atoms with Crippen molar-refractivity contribution >= 4 is 23.4 Å². The number of amides is 2. The third kappa shape index (κ3) is 4.17. The van der Waals surface area contributed by atoms with E-state index in [1.165, 1.54) is 11.8 Å². The van der Waals surface area contributed by atoms with Crippen LogP contribution in [0.5, 0.6) is 0 Å². The van der Waals surface area contributed by atoms with E-state index in [1.807, 2.05) is 0 Å². The maximum atomic E-state index is 14.7. The van der Waals surface area contributed by atoms with Crippen LogP contribution in [0.1, 0.15) is 19.8 Å². The van der Waals surface area contributed by atoms with E-state index in [4.69, 9.17) is 4.74 Å².